The van der Waals surface area contributed by atoms with Crippen molar-refractivity contribution in [2.24, 2.45) is 0 Å². The number of pyridine rings is 1. The van der Waals surface area contributed by atoms with Crippen LogP contribution in [0.15, 0.2) is 30.6 Å². The number of ether oxygens (including phenoxy) is 1. The SMILES string of the molecule is O=C(Nc1c(Cl)ccc2ccncc12)[C@H]1CCCO1. The molecule has 19 heavy (non-hydrogen) atoms. The number of aromatic nitrogens is 1. The van der Waals surface area contributed by atoms with Crippen LogP contribution in [0.25, 0.3) is 10.8 Å². The van der Waals surface area contributed by atoms with E-state index in [0.29, 0.717) is 17.3 Å². The molecule has 1 aliphatic rings. The number of hydrogen-bond donors (Lipinski definition) is 1. The van der Waals surface area contributed by atoms with Crippen molar-refractivity contribution in [2.45, 2.75) is 18.9 Å². The Morgan fingerprint density at radius 1 is 1.42 bits per heavy atom. The number of carbonyl (C=O) groups is 1. The van der Waals surface area contributed by atoms with Gasteiger partial charge in [0.05, 0.1) is 10.7 Å². The lowest BCUT2D eigenvalue weighted by Gasteiger charge is -2.13. The maximum atomic E-state index is 12.1. The summed E-state index contributed by atoms with van der Waals surface area (Å²) < 4.78 is 5.37. The van der Waals surface area contributed by atoms with Gasteiger partial charge in [0, 0.05) is 24.4 Å². The Kier molecular flexibility index (Phi) is 3.36. The zero-order valence-corrected chi connectivity index (χ0v) is 11.0. The van der Waals surface area contributed by atoms with Gasteiger partial charge in [-0.05, 0) is 30.4 Å². The predicted molar refractivity (Wildman–Crippen MR) is 74.4 cm³/mol. The highest BCUT2D eigenvalue weighted by Crippen LogP contribution is 2.31. The molecule has 98 valence electrons. The first-order chi connectivity index (χ1) is 9.25. The maximum Gasteiger partial charge on any atom is 0.253 e. The Balaban J connectivity index is 1.95. The molecule has 1 saturated heterocycles. The molecule has 0 unspecified atom stereocenters. The highest BCUT2D eigenvalue weighted by Gasteiger charge is 2.24. The van der Waals surface area contributed by atoms with Gasteiger partial charge in [0.1, 0.15) is 6.10 Å². The van der Waals surface area contributed by atoms with Gasteiger partial charge in [0.2, 0.25) is 0 Å². The number of benzene rings is 1. The summed E-state index contributed by atoms with van der Waals surface area (Å²) in [7, 11) is 0. The number of rotatable bonds is 2. The molecule has 2 heterocycles. The first-order valence-electron chi connectivity index (χ1n) is 6.20. The van der Waals surface area contributed by atoms with Gasteiger partial charge in [-0.2, -0.15) is 0 Å². The second-order valence-corrected chi connectivity index (χ2v) is 4.92. The highest BCUT2D eigenvalue weighted by molar-refractivity contribution is 6.35. The zero-order valence-electron chi connectivity index (χ0n) is 10.2. The van der Waals surface area contributed by atoms with E-state index in [1.54, 1.807) is 18.5 Å². The lowest BCUT2D eigenvalue weighted by molar-refractivity contribution is -0.124. The average molecular weight is 277 g/mol. The van der Waals surface area contributed by atoms with Crippen LogP contribution in [-0.4, -0.2) is 23.6 Å². The fourth-order valence-electron chi connectivity index (χ4n) is 2.25. The Hall–Kier alpha value is -1.65. The highest BCUT2D eigenvalue weighted by atomic mass is 35.5. The van der Waals surface area contributed by atoms with Crippen LogP contribution >= 0.6 is 11.6 Å². The summed E-state index contributed by atoms with van der Waals surface area (Å²) in [5.74, 6) is -0.143. The molecule has 4 nitrogen and oxygen atoms in total. The van der Waals surface area contributed by atoms with Gasteiger partial charge in [-0.15, -0.1) is 0 Å². The van der Waals surface area contributed by atoms with Gasteiger partial charge < -0.3 is 10.1 Å². The van der Waals surface area contributed by atoms with Crippen LogP contribution in [0, 0.1) is 0 Å². The smallest absolute Gasteiger partial charge is 0.253 e. The Morgan fingerprint density at radius 2 is 2.32 bits per heavy atom. The fourth-order valence-corrected chi connectivity index (χ4v) is 2.46. The van der Waals surface area contributed by atoms with Crippen LogP contribution < -0.4 is 5.32 Å². The van der Waals surface area contributed by atoms with E-state index >= 15 is 0 Å². The second-order valence-electron chi connectivity index (χ2n) is 4.51. The van der Waals surface area contributed by atoms with Gasteiger partial charge >= 0.3 is 0 Å². The van der Waals surface area contributed by atoms with Crippen LogP contribution in [0.1, 0.15) is 12.8 Å². The minimum Gasteiger partial charge on any atom is -0.368 e. The fraction of sp³-hybridized carbons (Fsp3) is 0.286. The summed E-state index contributed by atoms with van der Waals surface area (Å²) in [5, 5.41) is 5.19. The second kappa shape index (κ2) is 5.15. The molecule has 0 saturated carbocycles. The third kappa shape index (κ3) is 2.41. The molecule has 0 radical (unpaired) electrons. The molecule has 1 fully saturated rings. The molecular weight excluding hydrogens is 264 g/mol. The van der Waals surface area contributed by atoms with Crippen molar-refractivity contribution in [3.05, 3.63) is 35.6 Å². The van der Waals surface area contributed by atoms with Crippen LogP contribution in [-0.2, 0) is 9.53 Å². The number of halogens is 1. The van der Waals surface area contributed by atoms with Crippen molar-refractivity contribution in [2.75, 3.05) is 11.9 Å². The van der Waals surface area contributed by atoms with Crippen molar-refractivity contribution in [1.29, 1.82) is 0 Å². The zero-order chi connectivity index (χ0) is 13.2. The largest absolute Gasteiger partial charge is 0.368 e. The van der Waals surface area contributed by atoms with E-state index in [9.17, 15) is 4.79 Å². The Morgan fingerprint density at radius 3 is 3.11 bits per heavy atom. The summed E-state index contributed by atoms with van der Waals surface area (Å²) in [6, 6.07) is 5.56. The third-order valence-electron chi connectivity index (χ3n) is 3.24. The van der Waals surface area contributed by atoms with Crippen molar-refractivity contribution < 1.29 is 9.53 Å². The van der Waals surface area contributed by atoms with Gasteiger partial charge in [-0.1, -0.05) is 17.7 Å². The van der Waals surface area contributed by atoms with Crippen molar-refractivity contribution in [3.63, 3.8) is 0 Å². The summed E-state index contributed by atoms with van der Waals surface area (Å²) in [5.41, 5.74) is 0.604. The summed E-state index contributed by atoms with van der Waals surface area (Å²) >= 11 is 6.17. The maximum absolute atomic E-state index is 12.1. The first-order valence-corrected chi connectivity index (χ1v) is 6.58. The van der Waals surface area contributed by atoms with E-state index in [1.807, 2.05) is 12.1 Å². The molecule has 5 heteroatoms. The Labute approximate surface area is 115 Å². The van der Waals surface area contributed by atoms with E-state index in [2.05, 4.69) is 10.3 Å². The number of amides is 1. The number of fused-ring (bicyclic) bond motifs is 1. The van der Waals surface area contributed by atoms with E-state index in [1.165, 1.54) is 0 Å². The quantitative estimate of drug-likeness (QED) is 0.917. The predicted octanol–water partition coefficient (Wildman–Crippen LogP) is 3.01. The van der Waals surface area contributed by atoms with Crippen molar-refractivity contribution >= 4 is 34.0 Å². The Bertz CT molecular complexity index is 624. The minimum absolute atomic E-state index is 0.143. The van der Waals surface area contributed by atoms with Crippen LogP contribution in [0.5, 0.6) is 0 Å². The number of hydrogen-bond acceptors (Lipinski definition) is 3. The van der Waals surface area contributed by atoms with Crippen LogP contribution in [0.3, 0.4) is 0 Å². The molecule has 1 atom stereocenters. The topological polar surface area (TPSA) is 51.2 Å². The minimum atomic E-state index is -0.372. The third-order valence-corrected chi connectivity index (χ3v) is 3.56. The van der Waals surface area contributed by atoms with Gasteiger partial charge in [-0.25, -0.2) is 0 Å². The molecule has 1 aromatic heterocycles. The molecule has 2 aromatic rings. The lowest BCUT2D eigenvalue weighted by Crippen LogP contribution is -2.27. The van der Waals surface area contributed by atoms with Gasteiger partial charge in [0.15, 0.2) is 0 Å². The molecule has 0 spiro atoms. The lowest BCUT2D eigenvalue weighted by atomic mass is 10.1. The first kappa shape index (κ1) is 12.4. The standard InChI is InChI=1S/C14H13ClN2O2/c15-11-4-3-9-5-6-16-8-10(9)13(11)17-14(18)12-2-1-7-19-12/h3-6,8,12H,1-2,7H2,(H,17,18)/t12-/m1/s1. The van der Waals surface area contributed by atoms with Crippen molar-refractivity contribution in [1.82, 2.24) is 4.98 Å². The molecule has 0 bridgehead atoms. The van der Waals surface area contributed by atoms with E-state index in [4.69, 9.17) is 16.3 Å². The summed E-state index contributed by atoms with van der Waals surface area (Å²) in [4.78, 5) is 16.2. The van der Waals surface area contributed by atoms with Crippen LogP contribution in [0.2, 0.25) is 5.02 Å². The number of anilines is 1. The molecule has 1 amide bonds. The van der Waals surface area contributed by atoms with E-state index < -0.39 is 0 Å². The summed E-state index contributed by atoms with van der Waals surface area (Å²) in [6.45, 7) is 0.642. The summed E-state index contributed by atoms with van der Waals surface area (Å²) in [6.07, 6.45) is 4.71. The number of nitrogens with one attached hydrogen (secondary N) is 1. The molecule has 1 aromatic carbocycles. The molecule has 3 rings (SSSR count). The molecular formula is C14H13ClN2O2. The average Bonchev–Trinajstić information content (AvgIpc) is 2.96. The van der Waals surface area contributed by atoms with Gasteiger partial charge in [0.25, 0.3) is 5.91 Å². The van der Waals surface area contributed by atoms with E-state index in [-0.39, 0.29) is 12.0 Å². The molecule has 1 N–H and O–H groups in total. The normalized spacial score (nSPS) is 18.7. The van der Waals surface area contributed by atoms with Crippen LogP contribution in [0.4, 0.5) is 5.69 Å². The van der Waals surface area contributed by atoms with E-state index in [0.717, 1.165) is 23.6 Å². The number of nitrogens with zero attached hydrogens (tertiary/aromatic N) is 1. The number of carbonyl (C=O) groups excluding carboxylic acids is 1. The van der Waals surface area contributed by atoms with Crippen molar-refractivity contribution in [3.8, 4) is 0 Å². The van der Waals surface area contributed by atoms with Gasteiger partial charge in [-0.3, -0.25) is 9.78 Å². The molecule has 1 aliphatic heterocycles. The monoisotopic (exact) mass is 276 g/mol. The molecule has 0 aliphatic carbocycles.